The second-order valence-electron chi connectivity index (χ2n) is 7.08. The Balaban J connectivity index is 3.29. The van der Waals surface area contributed by atoms with Crippen molar-refractivity contribution in [2.75, 3.05) is 0 Å². The zero-order valence-corrected chi connectivity index (χ0v) is 15.7. The molecule has 4 N–H and O–H groups in total. The van der Waals surface area contributed by atoms with Crippen molar-refractivity contribution in [1.29, 1.82) is 0 Å². The number of carbonyl (C=O) groups is 3. The van der Waals surface area contributed by atoms with Crippen molar-refractivity contribution in [2.24, 2.45) is 5.73 Å². The Morgan fingerprint density at radius 2 is 1.65 bits per heavy atom. The van der Waals surface area contributed by atoms with Crippen molar-refractivity contribution in [3.05, 3.63) is 35.9 Å². The summed E-state index contributed by atoms with van der Waals surface area (Å²) in [5.41, 5.74) is 6.11. The van der Waals surface area contributed by atoms with Crippen LogP contribution in [0.4, 0.5) is 0 Å². The molecule has 0 aromatic heterocycles. The van der Waals surface area contributed by atoms with Crippen LogP contribution in [0.3, 0.4) is 0 Å². The fourth-order valence-electron chi connectivity index (χ4n) is 2.89. The number of rotatable bonds is 9. The summed E-state index contributed by atoms with van der Waals surface area (Å²) in [5, 5.41) is 19.1. The third-order valence-corrected chi connectivity index (χ3v) is 4.67. The van der Waals surface area contributed by atoms with Crippen molar-refractivity contribution >= 4 is 17.8 Å². The molecule has 0 heterocycles. The maximum atomic E-state index is 12.7. The number of carboxylic acid groups (broad SMARTS) is 2. The zero-order chi connectivity index (χ0) is 20.1. The van der Waals surface area contributed by atoms with Crippen molar-refractivity contribution in [1.82, 2.24) is 4.90 Å². The zero-order valence-electron chi connectivity index (χ0n) is 15.7. The molecule has 1 rings (SSSR count). The van der Waals surface area contributed by atoms with Gasteiger partial charge in [-0.2, -0.15) is 0 Å². The Morgan fingerprint density at radius 3 is 2.08 bits per heavy atom. The van der Waals surface area contributed by atoms with Crippen LogP contribution < -0.4 is 5.73 Å². The summed E-state index contributed by atoms with van der Waals surface area (Å²) < 4.78 is 0. The van der Waals surface area contributed by atoms with Crippen LogP contribution in [0, 0.1) is 0 Å². The molecule has 1 aromatic rings. The summed E-state index contributed by atoms with van der Waals surface area (Å²) in [6.45, 7) is 6.72. The van der Waals surface area contributed by atoms with E-state index in [9.17, 15) is 24.6 Å². The van der Waals surface area contributed by atoms with E-state index in [1.807, 2.05) is 44.2 Å². The number of hydrogen-bond acceptors (Lipinski definition) is 4. The molecule has 7 heteroatoms. The van der Waals surface area contributed by atoms with Gasteiger partial charge in [-0.15, -0.1) is 0 Å². The fourth-order valence-corrected chi connectivity index (χ4v) is 2.89. The van der Waals surface area contributed by atoms with Crippen molar-refractivity contribution in [3.8, 4) is 0 Å². The molecule has 0 bridgehead atoms. The highest BCUT2D eigenvalue weighted by atomic mass is 16.4. The molecule has 0 saturated heterocycles. The minimum Gasteiger partial charge on any atom is -0.480 e. The molecule has 0 radical (unpaired) electrons. The van der Waals surface area contributed by atoms with Crippen LogP contribution in [0.15, 0.2) is 30.3 Å². The van der Waals surface area contributed by atoms with Gasteiger partial charge in [0.05, 0.1) is 6.04 Å². The molecule has 0 aliphatic heterocycles. The maximum Gasteiger partial charge on any atom is 0.326 e. The standard InChI is InChI=1S/C19H28N2O5/c1-5-14(20)16(22)21(12(2)17(23)24)15(18(25)26)11-19(3,4)13-9-7-6-8-10-13/h6-10,12,14-15H,5,11,20H2,1-4H3,(H,23,24)(H,25,26)/t12-,14-,15+/m1/s1. The van der Waals surface area contributed by atoms with E-state index in [-0.39, 0.29) is 12.8 Å². The summed E-state index contributed by atoms with van der Waals surface area (Å²) in [6.07, 6.45) is 0.349. The number of hydrogen-bond donors (Lipinski definition) is 3. The third kappa shape index (κ3) is 5.05. The van der Waals surface area contributed by atoms with Gasteiger partial charge in [-0.05, 0) is 30.7 Å². The maximum absolute atomic E-state index is 12.7. The Morgan fingerprint density at radius 1 is 1.12 bits per heavy atom. The lowest BCUT2D eigenvalue weighted by Crippen LogP contribution is -2.58. The third-order valence-electron chi connectivity index (χ3n) is 4.67. The first-order chi connectivity index (χ1) is 12.0. The highest BCUT2D eigenvalue weighted by Crippen LogP contribution is 2.31. The van der Waals surface area contributed by atoms with Gasteiger partial charge in [0, 0.05) is 0 Å². The Bertz CT molecular complexity index is 645. The number of nitrogens with two attached hydrogens (primary N) is 1. The topological polar surface area (TPSA) is 121 Å². The van der Waals surface area contributed by atoms with E-state index < -0.39 is 41.4 Å². The molecule has 144 valence electrons. The summed E-state index contributed by atoms with van der Waals surface area (Å²) in [6, 6.07) is 5.77. The van der Waals surface area contributed by atoms with Crippen LogP contribution in [0.5, 0.6) is 0 Å². The molecule has 0 fully saturated rings. The van der Waals surface area contributed by atoms with E-state index >= 15 is 0 Å². The average molecular weight is 364 g/mol. The van der Waals surface area contributed by atoms with Crippen LogP contribution in [0.2, 0.25) is 0 Å². The van der Waals surface area contributed by atoms with Gasteiger partial charge in [0.25, 0.3) is 0 Å². The van der Waals surface area contributed by atoms with Gasteiger partial charge >= 0.3 is 11.9 Å². The molecule has 0 saturated carbocycles. The molecule has 0 spiro atoms. The lowest BCUT2D eigenvalue weighted by atomic mass is 9.78. The highest BCUT2D eigenvalue weighted by Gasteiger charge is 2.41. The number of benzene rings is 1. The van der Waals surface area contributed by atoms with Crippen LogP contribution in [-0.2, 0) is 19.8 Å². The van der Waals surface area contributed by atoms with Crippen LogP contribution in [-0.4, -0.2) is 51.1 Å². The monoisotopic (exact) mass is 364 g/mol. The van der Waals surface area contributed by atoms with E-state index in [1.165, 1.54) is 6.92 Å². The van der Waals surface area contributed by atoms with Crippen molar-refractivity contribution < 1.29 is 24.6 Å². The first-order valence-corrected chi connectivity index (χ1v) is 8.61. The Labute approximate surface area is 153 Å². The Kier molecular flexibility index (Phi) is 7.32. The van der Waals surface area contributed by atoms with E-state index in [0.29, 0.717) is 0 Å². The number of amides is 1. The highest BCUT2D eigenvalue weighted by molar-refractivity contribution is 5.90. The summed E-state index contributed by atoms with van der Waals surface area (Å²) in [7, 11) is 0. The number of carbonyl (C=O) groups excluding carboxylic acids is 1. The molecular formula is C19H28N2O5. The largest absolute Gasteiger partial charge is 0.480 e. The van der Waals surface area contributed by atoms with E-state index in [4.69, 9.17) is 5.73 Å². The SMILES string of the molecule is CC[C@@H](N)C(=O)N([C@H](C)C(=O)O)[C@@H](CC(C)(C)c1ccccc1)C(=O)O. The van der Waals surface area contributed by atoms with Gasteiger partial charge in [-0.25, -0.2) is 9.59 Å². The number of nitrogens with zero attached hydrogens (tertiary/aromatic N) is 1. The van der Waals surface area contributed by atoms with Crippen LogP contribution in [0.1, 0.15) is 46.1 Å². The molecule has 26 heavy (non-hydrogen) atoms. The lowest BCUT2D eigenvalue weighted by molar-refractivity contribution is -0.160. The minimum absolute atomic E-state index is 0.0616. The molecular weight excluding hydrogens is 336 g/mol. The first-order valence-electron chi connectivity index (χ1n) is 8.61. The molecule has 1 aromatic carbocycles. The molecule has 0 unspecified atom stereocenters. The van der Waals surface area contributed by atoms with Gasteiger partial charge < -0.3 is 20.8 Å². The molecule has 0 aliphatic carbocycles. The van der Waals surface area contributed by atoms with Crippen LogP contribution >= 0.6 is 0 Å². The van der Waals surface area contributed by atoms with E-state index in [1.54, 1.807) is 6.92 Å². The van der Waals surface area contributed by atoms with Gasteiger partial charge in [-0.1, -0.05) is 51.1 Å². The first kappa shape index (κ1) is 21.6. The quantitative estimate of drug-likeness (QED) is 0.615. The van der Waals surface area contributed by atoms with E-state index in [0.717, 1.165) is 10.5 Å². The van der Waals surface area contributed by atoms with Gasteiger partial charge in [0.2, 0.25) is 5.91 Å². The average Bonchev–Trinajstić information content (AvgIpc) is 2.60. The summed E-state index contributed by atoms with van der Waals surface area (Å²) in [5.74, 6) is -3.19. The summed E-state index contributed by atoms with van der Waals surface area (Å²) >= 11 is 0. The smallest absolute Gasteiger partial charge is 0.326 e. The van der Waals surface area contributed by atoms with E-state index in [2.05, 4.69) is 0 Å². The molecule has 1 amide bonds. The normalized spacial score (nSPS) is 15.0. The molecule has 7 nitrogen and oxygen atoms in total. The fraction of sp³-hybridized carbons (Fsp3) is 0.526. The second kappa shape index (κ2) is 8.80. The number of carboxylic acids is 2. The molecule has 0 aliphatic rings. The second-order valence-corrected chi connectivity index (χ2v) is 7.08. The predicted octanol–water partition coefficient (Wildman–Crippen LogP) is 1.85. The Hall–Kier alpha value is -2.41. The predicted molar refractivity (Wildman–Crippen MR) is 97.7 cm³/mol. The van der Waals surface area contributed by atoms with Gasteiger partial charge in [0.15, 0.2) is 0 Å². The van der Waals surface area contributed by atoms with Crippen molar-refractivity contribution in [3.63, 3.8) is 0 Å². The number of aliphatic carboxylic acids is 2. The molecule has 3 atom stereocenters. The van der Waals surface area contributed by atoms with Crippen molar-refractivity contribution in [2.45, 2.75) is 64.1 Å². The minimum atomic E-state index is -1.30. The van der Waals surface area contributed by atoms with Gasteiger partial charge in [0.1, 0.15) is 12.1 Å². The van der Waals surface area contributed by atoms with Gasteiger partial charge in [-0.3, -0.25) is 4.79 Å². The van der Waals surface area contributed by atoms with Crippen LogP contribution in [0.25, 0.3) is 0 Å². The lowest BCUT2D eigenvalue weighted by Gasteiger charge is -2.38. The summed E-state index contributed by atoms with van der Waals surface area (Å²) in [4.78, 5) is 37.0.